The van der Waals surface area contributed by atoms with Gasteiger partial charge in [-0.25, -0.2) is 15.0 Å². The third-order valence-corrected chi connectivity index (χ3v) is 8.27. The van der Waals surface area contributed by atoms with E-state index in [0.29, 0.717) is 34.4 Å². The molecule has 5 aromatic rings. The molecule has 42 heavy (non-hydrogen) atoms. The molecule has 0 radical (unpaired) electrons. The van der Waals surface area contributed by atoms with Crippen LogP contribution in [0.25, 0.3) is 22.0 Å². The highest BCUT2D eigenvalue weighted by atomic mass is 32.1. The Hall–Kier alpha value is -4.58. The number of rotatable bonds is 6. The number of ketones is 1. The molecule has 1 unspecified atom stereocenters. The van der Waals surface area contributed by atoms with Gasteiger partial charge in [0.1, 0.15) is 17.6 Å². The Balaban J connectivity index is 1.23. The molecule has 3 aromatic heterocycles. The van der Waals surface area contributed by atoms with Crippen molar-refractivity contribution in [2.24, 2.45) is 4.99 Å². The number of nitrogens with zero attached hydrogens (tertiary/aromatic N) is 6. The fraction of sp³-hybridized carbons (Fsp3) is 0.233. The number of aliphatic imine (C=N–C) groups is 1. The van der Waals surface area contributed by atoms with Gasteiger partial charge in [-0.15, -0.1) is 21.5 Å². The predicted octanol–water partition coefficient (Wildman–Crippen LogP) is 6.12. The van der Waals surface area contributed by atoms with Crippen LogP contribution in [0.1, 0.15) is 52.2 Å². The van der Waals surface area contributed by atoms with E-state index in [1.807, 2.05) is 54.6 Å². The van der Waals surface area contributed by atoms with E-state index in [1.165, 1.54) is 12.4 Å². The molecular formula is C30H21F3N6O2S. The zero-order valence-corrected chi connectivity index (χ0v) is 22.7. The SMILES string of the molecule is O=C1Cc2ccccc2C(c2ccccc2)=NC1Cc1nnc(-c2nc(C(F)(F)F)sc2-c2cnc(C3CC3)nc2)o1. The number of halogens is 3. The lowest BCUT2D eigenvalue weighted by Crippen LogP contribution is -2.23. The number of hydrogen-bond acceptors (Lipinski definition) is 9. The summed E-state index contributed by atoms with van der Waals surface area (Å²) in [5.41, 5.74) is 3.52. The molecule has 1 saturated carbocycles. The third-order valence-electron chi connectivity index (χ3n) is 7.12. The van der Waals surface area contributed by atoms with Crippen LogP contribution in [0.5, 0.6) is 0 Å². The lowest BCUT2D eigenvalue weighted by atomic mass is 9.95. The van der Waals surface area contributed by atoms with E-state index in [9.17, 15) is 18.0 Å². The molecule has 4 heterocycles. The van der Waals surface area contributed by atoms with Crippen molar-refractivity contribution in [3.63, 3.8) is 0 Å². The zero-order valence-electron chi connectivity index (χ0n) is 21.9. The summed E-state index contributed by atoms with van der Waals surface area (Å²) in [5, 5.41) is 7.03. The second kappa shape index (κ2) is 10.4. The van der Waals surface area contributed by atoms with Gasteiger partial charge < -0.3 is 4.42 Å². The predicted molar refractivity (Wildman–Crippen MR) is 148 cm³/mol. The van der Waals surface area contributed by atoms with E-state index in [-0.39, 0.29) is 41.0 Å². The summed E-state index contributed by atoms with van der Waals surface area (Å²) in [6, 6.07) is 16.3. The maximum absolute atomic E-state index is 13.7. The molecule has 1 atom stereocenters. The topological polar surface area (TPSA) is 107 Å². The summed E-state index contributed by atoms with van der Waals surface area (Å²) in [5.74, 6) is 0.725. The van der Waals surface area contributed by atoms with Crippen molar-refractivity contribution in [3.8, 4) is 22.0 Å². The average molecular weight is 587 g/mol. The maximum atomic E-state index is 13.7. The molecule has 8 nitrogen and oxygen atoms in total. The molecule has 7 rings (SSSR count). The summed E-state index contributed by atoms with van der Waals surface area (Å²) >= 11 is 0.463. The number of Topliss-reactive ketones (excluding diaryl/α,β-unsaturated/α-hetero) is 1. The van der Waals surface area contributed by atoms with Crippen LogP contribution in [0, 0.1) is 0 Å². The third kappa shape index (κ3) is 5.13. The van der Waals surface area contributed by atoms with Crippen LogP contribution in [-0.4, -0.2) is 42.7 Å². The van der Waals surface area contributed by atoms with Gasteiger partial charge in [0, 0.05) is 41.4 Å². The fourth-order valence-electron chi connectivity index (χ4n) is 4.88. The van der Waals surface area contributed by atoms with Crippen LogP contribution in [0.15, 0.2) is 76.4 Å². The number of benzene rings is 2. The highest BCUT2D eigenvalue weighted by Crippen LogP contribution is 2.43. The number of carbonyl (C=O) groups excluding carboxylic acids is 1. The van der Waals surface area contributed by atoms with Crippen LogP contribution >= 0.6 is 11.3 Å². The van der Waals surface area contributed by atoms with E-state index < -0.39 is 17.2 Å². The number of aromatic nitrogens is 5. The van der Waals surface area contributed by atoms with Crippen LogP contribution in [0.4, 0.5) is 13.2 Å². The minimum absolute atomic E-state index is 0.0129. The zero-order chi connectivity index (χ0) is 28.8. The molecule has 0 N–H and O–H groups in total. The first kappa shape index (κ1) is 26.3. The van der Waals surface area contributed by atoms with E-state index in [2.05, 4.69) is 25.1 Å². The molecule has 2 aromatic carbocycles. The molecule has 12 heteroatoms. The maximum Gasteiger partial charge on any atom is 0.443 e. The summed E-state index contributed by atoms with van der Waals surface area (Å²) in [7, 11) is 0. The Morgan fingerprint density at radius 1 is 0.929 bits per heavy atom. The first-order chi connectivity index (χ1) is 20.3. The quantitative estimate of drug-likeness (QED) is 0.236. The van der Waals surface area contributed by atoms with Crippen LogP contribution in [0.2, 0.25) is 0 Å². The minimum atomic E-state index is -4.67. The molecule has 0 bridgehead atoms. The highest BCUT2D eigenvalue weighted by Gasteiger charge is 2.38. The minimum Gasteiger partial charge on any atom is -0.419 e. The number of thiazole rings is 1. The monoisotopic (exact) mass is 586 g/mol. The largest absolute Gasteiger partial charge is 0.443 e. The first-order valence-electron chi connectivity index (χ1n) is 13.3. The number of fused-ring (bicyclic) bond motifs is 1. The van der Waals surface area contributed by atoms with Gasteiger partial charge in [-0.2, -0.15) is 13.2 Å². The number of carbonyl (C=O) groups is 1. The molecule has 0 spiro atoms. The molecule has 1 aliphatic carbocycles. The molecule has 2 aliphatic rings. The first-order valence-corrected chi connectivity index (χ1v) is 14.1. The van der Waals surface area contributed by atoms with E-state index >= 15 is 0 Å². The fourth-order valence-corrected chi connectivity index (χ4v) is 5.78. The van der Waals surface area contributed by atoms with Gasteiger partial charge in [-0.1, -0.05) is 54.6 Å². The van der Waals surface area contributed by atoms with Crippen molar-refractivity contribution in [2.45, 2.75) is 43.8 Å². The van der Waals surface area contributed by atoms with Gasteiger partial charge in [0.2, 0.25) is 5.89 Å². The lowest BCUT2D eigenvalue weighted by molar-refractivity contribution is -0.137. The second-order valence-electron chi connectivity index (χ2n) is 10.2. The molecule has 0 saturated heterocycles. The molecule has 0 amide bonds. The van der Waals surface area contributed by atoms with Gasteiger partial charge in [0.15, 0.2) is 10.8 Å². The summed E-state index contributed by atoms with van der Waals surface area (Å²) in [6.45, 7) is 0. The van der Waals surface area contributed by atoms with E-state index in [1.54, 1.807) is 0 Å². The van der Waals surface area contributed by atoms with Crippen molar-refractivity contribution >= 4 is 22.8 Å². The molecule has 210 valence electrons. The number of hydrogen-bond donors (Lipinski definition) is 0. The number of alkyl halides is 3. The molecular weight excluding hydrogens is 565 g/mol. The van der Waals surface area contributed by atoms with Crippen molar-refractivity contribution in [2.75, 3.05) is 0 Å². The Labute approximate surface area is 241 Å². The van der Waals surface area contributed by atoms with Crippen LogP contribution in [0.3, 0.4) is 0 Å². The van der Waals surface area contributed by atoms with Crippen LogP contribution in [-0.2, 0) is 23.8 Å². The normalized spacial score (nSPS) is 17.1. The van der Waals surface area contributed by atoms with Crippen molar-refractivity contribution in [3.05, 3.63) is 100 Å². The van der Waals surface area contributed by atoms with Gasteiger partial charge in [0.25, 0.3) is 5.89 Å². The smallest absolute Gasteiger partial charge is 0.419 e. The summed E-state index contributed by atoms with van der Waals surface area (Å²) < 4.78 is 46.9. The van der Waals surface area contributed by atoms with Crippen molar-refractivity contribution < 1.29 is 22.4 Å². The molecule has 1 fully saturated rings. The Bertz CT molecular complexity index is 1810. The Kier molecular flexibility index (Phi) is 6.49. The van der Waals surface area contributed by atoms with E-state index in [4.69, 9.17) is 9.41 Å². The highest BCUT2D eigenvalue weighted by molar-refractivity contribution is 7.15. The Morgan fingerprint density at radius 3 is 2.40 bits per heavy atom. The van der Waals surface area contributed by atoms with Gasteiger partial charge in [-0.3, -0.25) is 9.79 Å². The Morgan fingerprint density at radius 2 is 1.67 bits per heavy atom. The average Bonchev–Trinajstić information content (AvgIpc) is 3.60. The van der Waals surface area contributed by atoms with Gasteiger partial charge >= 0.3 is 6.18 Å². The van der Waals surface area contributed by atoms with Crippen LogP contribution < -0.4 is 0 Å². The molecule has 1 aliphatic heterocycles. The van der Waals surface area contributed by atoms with Gasteiger partial charge in [-0.05, 0) is 18.4 Å². The second-order valence-corrected chi connectivity index (χ2v) is 11.2. The standard InChI is InChI=1S/C30H21F3N6O2S/c31-30(32,33)29-37-25(26(42-29)19-14-34-27(35-15-19)17-10-11-17)28-39-38-23(41-28)13-21-22(40)12-18-8-4-5-9-20(18)24(36-21)16-6-2-1-3-7-16/h1-9,14-15,17,21H,10-13H2. The van der Waals surface area contributed by atoms with Crippen molar-refractivity contribution in [1.82, 2.24) is 25.1 Å². The summed E-state index contributed by atoms with van der Waals surface area (Å²) in [6.07, 6.45) is 0.485. The van der Waals surface area contributed by atoms with Crippen molar-refractivity contribution in [1.29, 1.82) is 0 Å². The lowest BCUT2D eigenvalue weighted by Gasteiger charge is -2.10. The van der Waals surface area contributed by atoms with Gasteiger partial charge in [0.05, 0.1) is 17.0 Å². The summed E-state index contributed by atoms with van der Waals surface area (Å²) in [4.78, 5) is 30.8. The van der Waals surface area contributed by atoms with E-state index in [0.717, 1.165) is 29.5 Å².